The highest BCUT2D eigenvalue weighted by Crippen LogP contribution is 2.42. The van der Waals surface area contributed by atoms with Crippen molar-refractivity contribution in [3.63, 3.8) is 0 Å². The highest BCUT2D eigenvalue weighted by atomic mass is 31.2. The zero-order valence-electron chi connectivity index (χ0n) is 23.5. The monoisotopic (exact) mass is 635 g/mol. The first-order chi connectivity index (χ1) is 20.8. The Kier molecular flexibility index (Phi) is 9.89. The van der Waals surface area contributed by atoms with E-state index in [-0.39, 0.29) is 35.2 Å². The van der Waals surface area contributed by atoms with Crippen molar-refractivity contribution >= 4 is 36.4 Å². The first-order valence-corrected chi connectivity index (χ1v) is 14.8. The number of nitrogens with zero attached hydrogens (tertiary/aromatic N) is 4. The normalized spacial score (nSPS) is 11.7. The van der Waals surface area contributed by atoms with Crippen molar-refractivity contribution in [3.8, 4) is 17.0 Å². The number of aliphatic hydroxyl groups excluding tert-OH is 1. The lowest BCUT2D eigenvalue weighted by molar-refractivity contribution is -0.137. The van der Waals surface area contributed by atoms with E-state index in [2.05, 4.69) is 31.0 Å². The fraction of sp³-hybridized carbons (Fsp3) is 0.259. The number of halogens is 3. The molecule has 0 aliphatic heterocycles. The van der Waals surface area contributed by atoms with Crippen LogP contribution in [-0.2, 0) is 23.4 Å². The summed E-state index contributed by atoms with van der Waals surface area (Å²) >= 11 is 0. The van der Waals surface area contributed by atoms with Crippen molar-refractivity contribution in [2.24, 2.45) is 0 Å². The van der Waals surface area contributed by atoms with E-state index in [1.165, 1.54) is 50.7 Å². The third-order valence-electron chi connectivity index (χ3n) is 6.21. The average molecular weight is 636 g/mol. The molecule has 0 bridgehead atoms. The van der Waals surface area contributed by atoms with Crippen LogP contribution in [-0.4, -0.2) is 61.3 Å². The Morgan fingerprint density at radius 3 is 2.48 bits per heavy atom. The zero-order valence-corrected chi connectivity index (χ0v) is 24.4. The highest BCUT2D eigenvalue weighted by molar-refractivity contribution is 7.50. The van der Waals surface area contributed by atoms with Gasteiger partial charge < -0.3 is 35.6 Å². The van der Waals surface area contributed by atoms with Gasteiger partial charge in [-0.1, -0.05) is 6.07 Å². The summed E-state index contributed by atoms with van der Waals surface area (Å²) in [6.07, 6.45) is -1.02. The van der Waals surface area contributed by atoms with Gasteiger partial charge >= 0.3 is 13.8 Å². The van der Waals surface area contributed by atoms with Crippen molar-refractivity contribution in [2.45, 2.75) is 25.3 Å². The van der Waals surface area contributed by atoms with E-state index in [4.69, 9.17) is 9.84 Å². The standard InChI is InChI=1S/C27H29F3N7O6P/c1-31-26(39)25-21(7-6-19(36-25)17-12-33-37(14-17)8-3-9-38)34-22-11-24(32-13-18(22)27(28,29)30)35-20-5-4-16(10-23(20)43-2)15-44(40,41)42/h4-7,10-14,38H,3,8-9,15H2,1-2H3,(H,31,39)(H2,32,34,35)(H2,40,41,42). The third-order valence-corrected chi connectivity index (χ3v) is 6.98. The maximum Gasteiger partial charge on any atom is 0.419 e. The lowest BCUT2D eigenvalue weighted by Gasteiger charge is -2.18. The van der Waals surface area contributed by atoms with Crippen LogP contribution in [0.1, 0.15) is 28.0 Å². The predicted octanol–water partition coefficient (Wildman–Crippen LogP) is 4.27. The van der Waals surface area contributed by atoms with E-state index < -0.39 is 37.1 Å². The van der Waals surface area contributed by atoms with Gasteiger partial charge in [-0.15, -0.1) is 0 Å². The van der Waals surface area contributed by atoms with E-state index in [1.807, 2.05) is 0 Å². The Bertz CT molecular complexity index is 1690. The molecular weight excluding hydrogens is 606 g/mol. The number of pyridine rings is 2. The maximum absolute atomic E-state index is 14.0. The number of aliphatic hydroxyl groups is 1. The largest absolute Gasteiger partial charge is 0.495 e. The number of nitrogens with one attached hydrogen (secondary N) is 3. The van der Waals surface area contributed by atoms with Gasteiger partial charge in [-0.2, -0.15) is 18.3 Å². The molecule has 0 spiro atoms. The van der Waals surface area contributed by atoms with Crippen molar-refractivity contribution in [1.82, 2.24) is 25.1 Å². The van der Waals surface area contributed by atoms with Gasteiger partial charge in [-0.25, -0.2) is 9.97 Å². The molecule has 4 aromatic rings. The molecule has 4 rings (SSSR count). The third kappa shape index (κ3) is 8.11. The molecule has 0 saturated heterocycles. The Hall–Kier alpha value is -4.50. The Morgan fingerprint density at radius 2 is 1.82 bits per heavy atom. The Labute approximate surface area is 249 Å². The van der Waals surface area contributed by atoms with Gasteiger partial charge in [-0.3, -0.25) is 14.0 Å². The molecule has 1 amide bonds. The van der Waals surface area contributed by atoms with Gasteiger partial charge in [0.15, 0.2) is 5.69 Å². The number of carbonyl (C=O) groups is 1. The number of aromatic nitrogens is 4. The van der Waals surface area contributed by atoms with Crippen molar-refractivity contribution in [1.29, 1.82) is 0 Å². The number of hydrogen-bond acceptors (Lipinski definition) is 9. The molecule has 234 valence electrons. The summed E-state index contributed by atoms with van der Waals surface area (Å²) in [6.45, 7) is 0.445. The average Bonchev–Trinajstić information content (AvgIpc) is 3.44. The van der Waals surface area contributed by atoms with Crippen LogP contribution in [0, 0.1) is 0 Å². The maximum atomic E-state index is 14.0. The number of methoxy groups -OCH3 is 1. The number of ether oxygens (including phenoxy) is 1. The number of aryl methyl sites for hydroxylation is 1. The number of carbonyl (C=O) groups excluding carboxylic acids is 1. The second kappa shape index (κ2) is 13.4. The predicted molar refractivity (Wildman–Crippen MR) is 155 cm³/mol. The fourth-order valence-corrected chi connectivity index (χ4v) is 4.85. The smallest absolute Gasteiger partial charge is 0.419 e. The van der Waals surface area contributed by atoms with Crippen LogP contribution < -0.4 is 20.7 Å². The molecule has 0 atom stereocenters. The topological polar surface area (TPSA) is 184 Å². The molecule has 3 aromatic heterocycles. The highest BCUT2D eigenvalue weighted by Gasteiger charge is 2.35. The molecule has 0 fully saturated rings. The van der Waals surface area contributed by atoms with Crippen LogP contribution in [0.4, 0.5) is 36.1 Å². The van der Waals surface area contributed by atoms with Crippen molar-refractivity contribution < 1.29 is 42.2 Å². The molecule has 0 saturated carbocycles. The second-order valence-corrected chi connectivity index (χ2v) is 11.1. The Balaban J connectivity index is 1.69. The minimum absolute atomic E-state index is 0.0113. The van der Waals surface area contributed by atoms with Gasteiger partial charge in [0.1, 0.15) is 11.6 Å². The van der Waals surface area contributed by atoms with E-state index in [0.717, 1.165) is 6.07 Å². The molecule has 6 N–H and O–H groups in total. The number of alkyl halides is 3. The number of hydrogen-bond donors (Lipinski definition) is 6. The fourth-order valence-electron chi connectivity index (χ4n) is 4.17. The number of rotatable bonds is 12. The van der Waals surface area contributed by atoms with Gasteiger partial charge in [0, 0.05) is 44.2 Å². The molecule has 0 aliphatic carbocycles. The van der Waals surface area contributed by atoms with E-state index in [0.29, 0.717) is 36.0 Å². The molecule has 13 nitrogen and oxygen atoms in total. The van der Waals surface area contributed by atoms with Crippen molar-refractivity contribution in [2.75, 3.05) is 31.4 Å². The first kappa shape index (κ1) is 32.4. The number of benzene rings is 1. The van der Waals surface area contributed by atoms with Crippen molar-refractivity contribution in [3.05, 3.63) is 71.8 Å². The van der Waals surface area contributed by atoms with Gasteiger partial charge in [0.2, 0.25) is 0 Å². The van der Waals surface area contributed by atoms with Crippen LogP contribution in [0.25, 0.3) is 11.3 Å². The lowest BCUT2D eigenvalue weighted by atomic mass is 10.1. The van der Waals surface area contributed by atoms with Crippen LogP contribution in [0.3, 0.4) is 0 Å². The molecule has 0 unspecified atom stereocenters. The molecular formula is C27H29F3N7O6P. The first-order valence-electron chi connectivity index (χ1n) is 13.0. The van der Waals surface area contributed by atoms with Crippen LogP contribution in [0.15, 0.2) is 55.0 Å². The van der Waals surface area contributed by atoms with E-state index in [9.17, 15) is 32.3 Å². The summed E-state index contributed by atoms with van der Waals surface area (Å²) in [7, 11) is -1.66. The number of anilines is 4. The second-order valence-electron chi connectivity index (χ2n) is 9.46. The molecule has 44 heavy (non-hydrogen) atoms. The van der Waals surface area contributed by atoms with E-state index >= 15 is 0 Å². The molecule has 17 heteroatoms. The summed E-state index contributed by atoms with van der Waals surface area (Å²) < 4.78 is 60.3. The SMILES string of the molecule is CNC(=O)c1nc(-c2cnn(CCCO)c2)ccc1Nc1cc(Nc2ccc(CP(=O)(O)O)cc2OC)ncc1C(F)(F)F. The summed E-state index contributed by atoms with van der Waals surface area (Å²) in [5, 5.41) is 21.2. The number of amides is 1. The summed E-state index contributed by atoms with van der Waals surface area (Å²) in [6, 6.07) is 8.33. The zero-order chi connectivity index (χ0) is 32.1. The molecule has 1 aromatic carbocycles. The quantitative estimate of drug-likeness (QED) is 0.122. The molecule has 0 aliphatic rings. The van der Waals surface area contributed by atoms with Gasteiger partial charge in [0.25, 0.3) is 5.91 Å². The summed E-state index contributed by atoms with van der Waals surface area (Å²) in [5.74, 6) is -0.500. The van der Waals surface area contributed by atoms with E-state index in [1.54, 1.807) is 10.9 Å². The van der Waals surface area contributed by atoms with Gasteiger partial charge in [-0.05, 0) is 36.2 Å². The molecule has 3 heterocycles. The minimum Gasteiger partial charge on any atom is -0.495 e. The lowest BCUT2D eigenvalue weighted by Crippen LogP contribution is -2.21. The van der Waals surface area contributed by atoms with Crippen LogP contribution in [0.5, 0.6) is 5.75 Å². The minimum atomic E-state index is -4.81. The van der Waals surface area contributed by atoms with Gasteiger partial charge in [0.05, 0.1) is 47.8 Å². The molecule has 0 radical (unpaired) electrons. The Morgan fingerprint density at radius 1 is 1.07 bits per heavy atom. The summed E-state index contributed by atoms with van der Waals surface area (Å²) in [4.78, 5) is 39.5. The summed E-state index contributed by atoms with van der Waals surface area (Å²) in [5.41, 5.74) is -0.237. The van der Waals surface area contributed by atoms with Crippen LogP contribution in [0.2, 0.25) is 0 Å². The van der Waals surface area contributed by atoms with Crippen LogP contribution >= 0.6 is 7.60 Å².